The number of benzene rings is 2. The summed E-state index contributed by atoms with van der Waals surface area (Å²) in [6, 6.07) is 14.9. The molecular formula is C20H27ClIN3O2S. The molecule has 0 saturated carbocycles. The van der Waals surface area contributed by atoms with Crippen molar-refractivity contribution >= 4 is 51.4 Å². The normalized spacial score (nSPS) is 11.6. The van der Waals surface area contributed by atoms with Gasteiger partial charge in [0.1, 0.15) is 0 Å². The number of sulfone groups is 1. The van der Waals surface area contributed by atoms with Crippen LogP contribution in [0.1, 0.15) is 17.5 Å². The Morgan fingerprint density at radius 1 is 0.929 bits per heavy atom. The van der Waals surface area contributed by atoms with Gasteiger partial charge in [0, 0.05) is 31.4 Å². The molecule has 28 heavy (non-hydrogen) atoms. The van der Waals surface area contributed by atoms with Gasteiger partial charge in [-0.05, 0) is 54.7 Å². The Morgan fingerprint density at radius 3 is 2.04 bits per heavy atom. The molecular weight excluding hydrogens is 509 g/mol. The molecule has 5 nitrogen and oxygen atoms in total. The van der Waals surface area contributed by atoms with E-state index in [1.54, 1.807) is 19.2 Å². The summed E-state index contributed by atoms with van der Waals surface area (Å²) >= 11 is 5.89. The van der Waals surface area contributed by atoms with Crippen LogP contribution in [0, 0.1) is 0 Å². The molecule has 0 atom stereocenters. The van der Waals surface area contributed by atoms with Crippen LogP contribution in [-0.2, 0) is 22.7 Å². The van der Waals surface area contributed by atoms with Gasteiger partial charge in [0.15, 0.2) is 15.8 Å². The van der Waals surface area contributed by atoms with Crippen LogP contribution >= 0.6 is 35.6 Å². The van der Waals surface area contributed by atoms with Gasteiger partial charge in [-0.1, -0.05) is 35.9 Å². The third-order valence-electron chi connectivity index (χ3n) is 4.13. The first-order valence-corrected chi connectivity index (χ1v) is 11.1. The van der Waals surface area contributed by atoms with E-state index in [-0.39, 0.29) is 24.0 Å². The van der Waals surface area contributed by atoms with E-state index < -0.39 is 9.84 Å². The maximum absolute atomic E-state index is 11.5. The SMILES string of the molecule is CN=C(NCCCc1ccc(Cl)cc1)NCCc1ccc(S(C)(=O)=O)cc1.I. The van der Waals surface area contributed by atoms with Crippen LogP contribution in [-0.4, -0.2) is 40.8 Å². The molecule has 0 aliphatic heterocycles. The van der Waals surface area contributed by atoms with Gasteiger partial charge >= 0.3 is 0 Å². The van der Waals surface area contributed by atoms with Gasteiger partial charge in [-0.2, -0.15) is 0 Å². The van der Waals surface area contributed by atoms with Crippen molar-refractivity contribution in [2.75, 3.05) is 26.4 Å². The summed E-state index contributed by atoms with van der Waals surface area (Å²) in [4.78, 5) is 4.56. The number of halogens is 2. The molecule has 154 valence electrons. The van der Waals surface area contributed by atoms with E-state index in [2.05, 4.69) is 15.6 Å². The molecule has 0 aliphatic carbocycles. The number of rotatable bonds is 8. The maximum atomic E-state index is 11.5. The molecule has 2 N–H and O–H groups in total. The van der Waals surface area contributed by atoms with Gasteiger partial charge in [0.2, 0.25) is 0 Å². The molecule has 2 rings (SSSR count). The number of nitrogens with one attached hydrogen (secondary N) is 2. The molecule has 0 aliphatic rings. The van der Waals surface area contributed by atoms with Gasteiger partial charge in [-0.3, -0.25) is 4.99 Å². The smallest absolute Gasteiger partial charge is 0.190 e. The van der Waals surface area contributed by atoms with E-state index in [4.69, 9.17) is 11.6 Å². The van der Waals surface area contributed by atoms with Crippen LogP contribution in [0.15, 0.2) is 58.4 Å². The molecule has 0 aromatic heterocycles. The minimum Gasteiger partial charge on any atom is -0.356 e. The minimum absolute atomic E-state index is 0. The highest BCUT2D eigenvalue weighted by molar-refractivity contribution is 14.0. The summed E-state index contributed by atoms with van der Waals surface area (Å²) in [6.07, 6.45) is 3.98. The van der Waals surface area contributed by atoms with Crippen LogP contribution in [0.5, 0.6) is 0 Å². The van der Waals surface area contributed by atoms with Crippen molar-refractivity contribution in [3.63, 3.8) is 0 Å². The van der Waals surface area contributed by atoms with Crippen molar-refractivity contribution in [2.45, 2.75) is 24.2 Å². The zero-order chi connectivity index (χ0) is 19.7. The largest absolute Gasteiger partial charge is 0.356 e. The van der Waals surface area contributed by atoms with E-state index >= 15 is 0 Å². The van der Waals surface area contributed by atoms with Crippen molar-refractivity contribution in [1.29, 1.82) is 0 Å². The van der Waals surface area contributed by atoms with Crippen molar-refractivity contribution in [1.82, 2.24) is 10.6 Å². The molecule has 0 heterocycles. The van der Waals surface area contributed by atoms with Crippen molar-refractivity contribution in [3.8, 4) is 0 Å². The summed E-state index contributed by atoms with van der Waals surface area (Å²) in [5.41, 5.74) is 2.34. The predicted octanol–water partition coefficient (Wildman–Crippen LogP) is 3.70. The highest BCUT2D eigenvalue weighted by Gasteiger charge is 2.06. The third kappa shape index (κ3) is 8.79. The Bertz CT molecular complexity index is 854. The molecule has 2 aromatic rings. The van der Waals surface area contributed by atoms with Crippen LogP contribution < -0.4 is 10.6 Å². The number of hydrogen-bond acceptors (Lipinski definition) is 3. The summed E-state index contributed by atoms with van der Waals surface area (Å²) < 4.78 is 22.9. The lowest BCUT2D eigenvalue weighted by Gasteiger charge is -2.12. The predicted molar refractivity (Wildman–Crippen MR) is 128 cm³/mol. The zero-order valence-corrected chi connectivity index (χ0v) is 20.0. The lowest BCUT2D eigenvalue weighted by molar-refractivity contribution is 0.602. The second-order valence-corrected chi connectivity index (χ2v) is 8.77. The zero-order valence-electron chi connectivity index (χ0n) is 16.1. The lowest BCUT2D eigenvalue weighted by Crippen LogP contribution is -2.38. The van der Waals surface area contributed by atoms with Gasteiger partial charge in [0.25, 0.3) is 0 Å². The van der Waals surface area contributed by atoms with E-state index in [0.29, 0.717) is 4.90 Å². The highest BCUT2D eigenvalue weighted by atomic mass is 127. The molecule has 0 bridgehead atoms. The quantitative estimate of drug-likeness (QED) is 0.234. The summed E-state index contributed by atoms with van der Waals surface area (Å²) in [6.45, 7) is 1.54. The molecule has 0 spiro atoms. The molecule has 8 heteroatoms. The fraction of sp³-hybridized carbons (Fsp3) is 0.350. The van der Waals surface area contributed by atoms with Crippen LogP contribution in [0.3, 0.4) is 0 Å². The van der Waals surface area contributed by atoms with Crippen molar-refractivity contribution in [3.05, 3.63) is 64.7 Å². The molecule has 0 fully saturated rings. The number of guanidine groups is 1. The van der Waals surface area contributed by atoms with Crippen molar-refractivity contribution < 1.29 is 8.42 Å². The van der Waals surface area contributed by atoms with Crippen LogP contribution in [0.25, 0.3) is 0 Å². The summed E-state index contributed by atoms with van der Waals surface area (Å²) in [5, 5.41) is 7.33. The molecule has 0 radical (unpaired) electrons. The standard InChI is InChI=1S/C20H26ClN3O2S.HI/c1-22-20(23-14-3-4-16-5-9-18(21)10-6-16)24-15-13-17-7-11-19(12-8-17)27(2,25)26;/h5-12H,3-4,13-15H2,1-2H3,(H2,22,23,24);1H. The Labute approximate surface area is 189 Å². The summed E-state index contributed by atoms with van der Waals surface area (Å²) in [7, 11) is -1.40. The third-order valence-corrected chi connectivity index (χ3v) is 5.51. The van der Waals surface area contributed by atoms with E-state index in [0.717, 1.165) is 48.9 Å². The molecule has 2 aromatic carbocycles. The Balaban J connectivity index is 0.00000392. The summed E-state index contributed by atoms with van der Waals surface area (Å²) in [5.74, 6) is 0.763. The number of nitrogens with zero attached hydrogens (tertiary/aromatic N) is 1. The Kier molecular flexibility index (Phi) is 10.8. The first-order valence-electron chi connectivity index (χ1n) is 8.86. The van der Waals surface area contributed by atoms with Gasteiger partial charge in [-0.15, -0.1) is 24.0 Å². The second-order valence-electron chi connectivity index (χ2n) is 6.32. The first-order chi connectivity index (χ1) is 12.9. The first kappa shape index (κ1) is 24.7. The number of aliphatic imine (C=N–C) groups is 1. The maximum Gasteiger partial charge on any atom is 0.190 e. The van der Waals surface area contributed by atoms with Crippen LogP contribution in [0.2, 0.25) is 5.02 Å². The fourth-order valence-corrected chi connectivity index (χ4v) is 3.36. The highest BCUT2D eigenvalue weighted by Crippen LogP contribution is 2.11. The second kappa shape index (κ2) is 12.3. The van der Waals surface area contributed by atoms with Crippen molar-refractivity contribution in [2.24, 2.45) is 4.99 Å². The molecule has 0 unspecified atom stereocenters. The van der Waals surface area contributed by atoms with E-state index in [1.165, 1.54) is 11.8 Å². The average Bonchev–Trinajstić information content (AvgIpc) is 2.65. The molecule has 0 amide bonds. The van der Waals surface area contributed by atoms with E-state index in [9.17, 15) is 8.42 Å². The topological polar surface area (TPSA) is 70.6 Å². The lowest BCUT2D eigenvalue weighted by atomic mass is 10.1. The average molecular weight is 536 g/mol. The van der Waals surface area contributed by atoms with E-state index in [1.807, 2.05) is 36.4 Å². The fourth-order valence-electron chi connectivity index (χ4n) is 2.60. The van der Waals surface area contributed by atoms with Crippen LogP contribution in [0.4, 0.5) is 0 Å². The van der Waals surface area contributed by atoms with Gasteiger partial charge in [0.05, 0.1) is 4.90 Å². The minimum atomic E-state index is -3.14. The monoisotopic (exact) mass is 535 g/mol. The Hall–Kier alpha value is -1.32. The number of aryl methyl sites for hydroxylation is 1. The Morgan fingerprint density at radius 2 is 1.46 bits per heavy atom. The number of hydrogen-bond donors (Lipinski definition) is 2. The molecule has 0 saturated heterocycles. The van der Waals surface area contributed by atoms with Gasteiger partial charge < -0.3 is 10.6 Å². The van der Waals surface area contributed by atoms with Gasteiger partial charge in [-0.25, -0.2) is 8.42 Å².